The lowest BCUT2D eigenvalue weighted by Gasteiger charge is -2.11. The molecule has 3 aromatic rings. The van der Waals surface area contributed by atoms with Gasteiger partial charge in [0.05, 0.1) is 11.8 Å². The van der Waals surface area contributed by atoms with Crippen molar-refractivity contribution in [2.45, 2.75) is 18.9 Å². The van der Waals surface area contributed by atoms with Crippen LogP contribution in [0, 0.1) is 0 Å². The van der Waals surface area contributed by atoms with Crippen LogP contribution in [0.15, 0.2) is 48.5 Å². The van der Waals surface area contributed by atoms with Gasteiger partial charge in [0, 0.05) is 22.7 Å². The van der Waals surface area contributed by atoms with Gasteiger partial charge in [-0.3, -0.25) is 4.72 Å². The second kappa shape index (κ2) is 6.00. The van der Waals surface area contributed by atoms with Gasteiger partial charge in [0.1, 0.15) is 5.82 Å². The summed E-state index contributed by atoms with van der Waals surface area (Å²) in [5.41, 5.74) is 2.11. The van der Waals surface area contributed by atoms with Crippen LogP contribution in [-0.2, 0) is 10.0 Å². The second-order valence-corrected chi connectivity index (χ2v) is 8.04. The van der Waals surface area contributed by atoms with E-state index in [1.54, 1.807) is 18.2 Å². The van der Waals surface area contributed by atoms with Crippen molar-refractivity contribution in [1.82, 2.24) is 9.97 Å². The van der Waals surface area contributed by atoms with Crippen molar-refractivity contribution < 1.29 is 8.42 Å². The molecule has 0 bridgehead atoms. The molecule has 0 spiro atoms. The number of rotatable bonds is 5. The predicted molar refractivity (Wildman–Crippen MR) is 100 cm³/mol. The quantitative estimate of drug-likeness (QED) is 0.735. The second-order valence-electron chi connectivity index (χ2n) is 6.29. The zero-order valence-corrected chi connectivity index (χ0v) is 14.5. The summed E-state index contributed by atoms with van der Waals surface area (Å²) in [6, 6.07) is 15.5. The van der Waals surface area contributed by atoms with Crippen LogP contribution in [0.5, 0.6) is 0 Å². The van der Waals surface area contributed by atoms with E-state index in [1.165, 1.54) is 0 Å². The van der Waals surface area contributed by atoms with E-state index in [0.717, 1.165) is 41.4 Å². The van der Waals surface area contributed by atoms with E-state index in [2.05, 4.69) is 20.0 Å². The highest BCUT2D eigenvalue weighted by Gasteiger charge is 2.23. The van der Waals surface area contributed by atoms with Gasteiger partial charge >= 0.3 is 0 Å². The van der Waals surface area contributed by atoms with Crippen molar-refractivity contribution in [3.63, 3.8) is 0 Å². The lowest BCUT2D eigenvalue weighted by atomic mass is 10.1. The highest BCUT2D eigenvalue weighted by atomic mass is 32.2. The van der Waals surface area contributed by atoms with Crippen molar-refractivity contribution >= 4 is 32.4 Å². The minimum Gasteiger partial charge on any atom is -0.367 e. The van der Waals surface area contributed by atoms with Gasteiger partial charge in [0.15, 0.2) is 5.82 Å². The topological polar surface area (TPSA) is 84.0 Å². The Bertz CT molecular complexity index is 1050. The first-order valence-corrected chi connectivity index (χ1v) is 9.99. The SMILES string of the molecule is CS(=O)(=O)Nc1cccc(-c2nc(NC3CC3)c3ccccc3n2)c1. The molecule has 1 heterocycles. The number of aromatic nitrogens is 2. The van der Waals surface area contributed by atoms with Crippen molar-refractivity contribution in [2.24, 2.45) is 0 Å². The predicted octanol–water partition coefficient (Wildman–Crippen LogP) is 3.24. The maximum atomic E-state index is 11.5. The summed E-state index contributed by atoms with van der Waals surface area (Å²) in [6.07, 6.45) is 3.44. The Morgan fingerprint density at radius 1 is 1.04 bits per heavy atom. The summed E-state index contributed by atoms with van der Waals surface area (Å²) in [5, 5.41) is 4.45. The summed E-state index contributed by atoms with van der Waals surface area (Å²) in [4.78, 5) is 9.33. The minimum absolute atomic E-state index is 0.476. The van der Waals surface area contributed by atoms with E-state index in [0.29, 0.717) is 17.6 Å². The van der Waals surface area contributed by atoms with Gasteiger partial charge < -0.3 is 5.32 Å². The van der Waals surface area contributed by atoms with Crippen molar-refractivity contribution in [3.05, 3.63) is 48.5 Å². The normalized spacial score (nSPS) is 14.4. The molecule has 6 nitrogen and oxygen atoms in total. The van der Waals surface area contributed by atoms with Crippen LogP contribution in [0.1, 0.15) is 12.8 Å². The molecule has 4 rings (SSSR count). The first-order chi connectivity index (χ1) is 12.0. The molecule has 1 aliphatic rings. The third kappa shape index (κ3) is 3.71. The summed E-state index contributed by atoms with van der Waals surface area (Å²) in [7, 11) is -3.33. The maximum Gasteiger partial charge on any atom is 0.229 e. The van der Waals surface area contributed by atoms with E-state index < -0.39 is 10.0 Å². The van der Waals surface area contributed by atoms with Gasteiger partial charge in [0.25, 0.3) is 0 Å². The molecule has 1 saturated carbocycles. The fourth-order valence-corrected chi connectivity index (χ4v) is 3.23. The summed E-state index contributed by atoms with van der Waals surface area (Å²) in [6.45, 7) is 0. The lowest BCUT2D eigenvalue weighted by Crippen LogP contribution is -2.09. The van der Waals surface area contributed by atoms with Crippen molar-refractivity contribution in [3.8, 4) is 11.4 Å². The zero-order valence-electron chi connectivity index (χ0n) is 13.7. The third-order valence-electron chi connectivity index (χ3n) is 3.95. The van der Waals surface area contributed by atoms with Gasteiger partial charge in [0.2, 0.25) is 10.0 Å². The fraction of sp³-hybridized carbons (Fsp3) is 0.222. The van der Waals surface area contributed by atoms with E-state index in [-0.39, 0.29) is 0 Å². The third-order valence-corrected chi connectivity index (χ3v) is 4.55. The number of fused-ring (bicyclic) bond motifs is 1. The first kappa shape index (κ1) is 15.8. The Hall–Kier alpha value is -2.67. The smallest absolute Gasteiger partial charge is 0.229 e. The van der Waals surface area contributed by atoms with Crippen LogP contribution < -0.4 is 10.0 Å². The number of para-hydroxylation sites is 1. The van der Waals surface area contributed by atoms with E-state index >= 15 is 0 Å². The molecule has 128 valence electrons. The van der Waals surface area contributed by atoms with Crippen molar-refractivity contribution in [2.75, 3.05) is 16.3 Å². The van der Waals surface area contributed by atoms with Gasteiger partial charge in [-0.05, 0) is 37.1 Å². The van der Waals surface area contributed by atoms with Gasteiger partial charge in [-0.2, -0.15) is 0 Å². The van der Waals surface area contributed by atoms with Crippen LogP contribution in [0.25, 0.3) is 22.3 Å². The fourth-order valence-electron chi connectivity index (χ4n) is 2.67. The number of benzene rings is 2. The standard InChI is InChI=1S/C18H18N4O2S/c1-25(23,24)22-14-6-4-5-12(11-14)17-20-16-8-3-2-7-15(16)18(21-17)19-13-9-10-13/h2-8,11,13,22H,9-10H2,1H3,(H,19,20,21). The van der Waals surface area contributed by atoms with Crippen LogP contribution in [0.2, 0.25) is 0 Å². The molecular weight excluding hydrogens is 336 g/mol. The molecule has 25 heavy (non-hydrogen) atoms. The monoisotopic (exact) mass is 354 g/mol. The van der Waals surface area contributed by atoms with Gasteiger partial charge in [-0.25, -0.2) is 18.4 Å². The van der Waals surface area contributed by atoms with E-state index in [9.17, 15) is 8.42 Å². The number of nitrogens with zero attached hydrogens (tertiary/aromatic N) is 2. The number of hydrogen-bond donors (Lipinski definition) is 2. The maximum absolute atomic E-state index is 11.5. The Kier molecular flexibility index (Phi) is 3.80. The molecule has 0 radical (unpaired) electrons. The molecule has 1 aromatic heterocycles. The highest BCUT2D eigenvalue weighted by Crippen LogP contribution is 2.30. The van der Waals surface area contributed by atoms with Gasteiger partial charge in [-0.1, -0.05) is 24.3 Å². The Labute approximate surface area is 146 Å². The number of anilines is 2. The number of nitrogens with one attached hydrogen (secondary N) is 2. The summed E-state index contributed by atoms with van der Waals surface area (Å²) < 4.78 is 25.4. The molecule has 2 N–H and O–H groups in total. The molecule has 1 aliphatic carbocycles. The molecular formula is C18H18N4O2S. The highest BCUT2D eigenvalue weighted by molar-refractivity contribution is 7.92. The molecule has 2 aromatic carbocycles. The Morgan fingerprint density at radius 2 is 1.84 bits per heavy atom. The van der Waals surface area contributed by atoms with Crippen LogP contribution >= 0.6 is 0 Å². The molecule has 1 fully saturated rings. The lowest BCUT2D eigenvalue weighted by molar-refractivity contribution is 0.607. The Morgan fingerprint density at radius 3 is 2.60 bits per heavy atom. The Balaban J connectivity index is 1.79. The molecule has 0 aliphatic heterocycles. The van der Waals surface area contributed by atoms with E-state index in [1.807, 2.05) is 30.3 Å². The summed E-state index contributed by atoms with van der Waals surface area (Å²) in [5.74, 6) is 1.39. The van der Waals surface area contributed by atoms with Crippen LogP contribution in [0.4, 0.5) is 11.5 Å². The minimum atomic E-state index is -3.33. The molecule has 0 amide bonds. The van der Waals surface area contributed by atoms with Crippen LogP contribution in [-0.4, -0.2) is 30.7 Å². The number of hydrogen-bond acceptors (Lipinski definition) is 5. The van der Waals surface area contributed by atoms with E-state index in [4.69, 9.17) is 0 Å². The number of sulfonamides is 1. The molecule has 7 heteroatoms. The molecule has 0 unspecified atom stereocenters. The van der Waals surface area contributed by atoms with Gasteiger partial charge in [-0.15, -0.1) is 0 Å². The molecule has 0 atom stereocenters. The van der Waals surface area contributed by atoms with Crippen molar-refractivity contribution in [1.29, 1.82) is 0 Å². The largest absolute Gasteiger partial charge is 0.367 e. The first-order valence-electron chi connectivity index (χ1n) is 8.09. The van der Waals surface area contributed by atoms with Crippen LogP contribution in [0.3, 0.4) is 0 Å². The summed E-state index contributed by atoms with van der Waals surface area (Å²) >= 11 is 0. The zero-order chi connectivity index (χ0) is 17.4. The molecule has 0 saturated heterocycles. The average molecular weight is 354 g/mol. The average Bonchev–Trinajstić information content (AvgIpc) is 3.37.